The maximum atomic E-state index is 12.0. The summed E-state index contributed by atoms with van der Waals surface area (Å²) in [6.45, 7) is 6.16. The van der Waals surface area contributed by atoms with Gasteiger partial charge in [-0.25, -0.2) is 4.79 Å². The van der Waals surface area contributed by atoms with Crippen LogP contribution in [0.4, 0.5) is 0 Å². The van der Waals surface area contributed by atoms with Gasteiger partial charge in [-0.3, -0.25) is 14.4 Å². The highest BCUT2D eigenvalue weighted by Gasteiger charge is 2.59. The van der Waals surface area contributed by atoms with E-state index in [2.05, 4.69) is 25.1 Å². The zero-order chi connectivity index (χ0) is 26.4. The Balaban J connectivity index is 1.21. The normalized spacial score (nSPS) is 38.0. The third-order valence-corrected chi connectivity index (χ3v) is 10.0. The highest BCUT2D eigenvalue weighted by molar-refractivity contribution is 6.01. The minimum absolute atomic E-state index is 0.0475. The van der Waals surface area contributed by atoms with Crippen LogP contribution in [0.25, 0.3) is 0 Å². The quantitative estimate of drug-likeness (QED) is 0.296. The van der Waals surface area contributed by atoms with Crippen molar-refractivity contribution in [3.63, 3.8) is 0 Å². The molecule has 2 amide bonds. The summed E-state index contributed by atoms with van der Waals surface area (Å²) in [6, 6.07) is 0. The number of carbonyl (C=O) groups is 4. The number of ether oxygens (including phenoxy) is 1. The van der Waals surface area contributed by atoms with Crippen LogP contribution < -0.4 is 0 Å². The minimum Gasteiger partial charge on any atom is -0.462 e. The summed E-state index contributed by atoms with van der Waals surface area (Å²) in [4.78, 5) is 57.3. The first-order chi connectivity index (χ1) is 17.7. The van der Waals surface area contributed by atoms with Gasteiger partial charge in [0.15, 0.2) is 0 Å². The zero-order valence-electron chi connectivity index (χ0n) is 22.1. The average Bonchev–Trinajstić information content (AvgIpc) is 3.37. The molecule has 0 radical (unpaired) electrons. The van der Waals surface area contributed by atoms with Gasteiger partial charge in [-0.05, 0) is 80.6 Å². The number of oxime groups is 1. The highest BCUT2D eigenvalue weighted by Crippen LogP contribution is 2.65. The molecule has 0 unspecified atom stereocenters. The largest absolute Gasteiger partial charge is 0.462 e. The maximum absolute atomic E-state index is 12.0. The smallest absolute Gasteiger partial charge is 0.373 e. The van der Waals surface area contributed by atoms with E-state index in [1.165, 1.54) is 5.57 Å². The third kappa shape index (κ3) is 4.59. The van der Waals surface area contributed by atoms with E-state index < -0.39 is 24.4 Å². The molecule has 0 aromatic heterocycles. The van der Waals surface area contributed by atoms with E-state index >= 15 is 0 Å². The van der Waals surface area contributed by atoms with Crippen LogP contribution in [0.1, 0.15) is 91.4 Å². The molecule has 4 aliphatic carbocycles. The van der Waals surface area contributed by atoms with Gasteiger partial charge in [0.05, 0.1) is 5.71 Å². The van der Waals surface area contributed by atoms with Crippen LogP contribution in [-0.2, 0) is 33.6 Å². The molecule has 5 aliphatic rings. The highest BCUT2D eigenvalue weighted by atomic mass is 16.7. The molecule has 3 saturated carbocycles. The van der Waals surface area contributed by atoms with Crippen molar-refractivity contribution in [3.05, 3.63) is 11.6 Å². The summed E-state index contributed by atoms with van der Waals surface area (Å²) < 4.78 is 5.91. The number of allylic oxidation sites excluding steroid dienone is 2. The second-order valence-corrected chi connectivity index (χ2v) is 11.9. The van der Waals surface area contributed by atoms with Crippen molar-refractivity contribution < 1.29 is 33.6 Å². The average molecular weight is 515 g/mol. The number of amides is 2. The second-order valence-electron chi connectivity index (χ2n) is 11.9. The SMILES string of the molecule is CCC(=O)O[C@@H]1CC[C@H]2[C@@H]3CCC4=C/C(=N/OCC(=O)ON5C(=O)CCC5=O)CC[C@]4(C)[C@H]3CC[C@]12C. The van der Waals surface area contributed by atoms with E-state index in [9.17, 15) is 19.2 Å². The van der Waals surface area contributed by atoms with Gasteiger partial charge < -0.3 is 14.4 Å². The molecule has 37 heavy (non-hydrogen) atoms. The third-order valence-electron chi connectivity index (χ3n) is 10.0. The molecule has 4 fully saturated rings. The molecule has 9 nitrogen and oxygen atoms in total. The van der Waals surface area contributed by atoms with E-state index in [0.717, 1.165) is 57.1 Å². The Kier molecular flexibility index (Phi) is 6.92. The van der Waals surface area contributed by atoms with Gasteiger partial charge in [-0.2, -0.15) is 0 Å². The number of hydrogen-bond acceptors (Lipinski definition) is 8. The first-order valence-corrected chi connectivity index (χ1v) is 13.8. The van der Waals surface area contributed by atoms with Gasteiger partial charge in [-0.1, -0.05) is 31.5 Å². The molecular weight excluding hydrogens is 476 g/mol. The monoisotopic (exact) mass is 514 g/mol. The van der Waals surface area contributed by atoms with Crippen LogP contribution in [0.3, 0.4) is 0 Å². The number of hydroxylamine groups is 2. The van der Waals surface area contributed by atoms with Crippen molar-refractivity contribution in [2.45, 2.75) is 97.5 Å². The lowest BCUT2D eigenvalue weighted by Crippen LogP contribution is -2.51. The number of imide groups is 1. The van der Waals surface area contributed by atoms with Crippen LogP contribution in [0, 0.1) is 28.6 Å². The molecule has 0 aromatic rings. The van der Waals surface area contributed by atoms with Crippen molar-refractivity contribution in [2.24, 2.45) is 33.7 Å². The first kappa shape index (κ1) is 25.9. The zero-order valence-corrected chi connectivity index (χ0v) is 22.1. The molecule has 9 heteroatoms. The van der Waals surface area contributed by atoms with Crippen LogP contribution >= 0.6 is 0 Å². The fraction of sp³-hybridized carbons (Fsp3) is 0.750. The Morgan fingerprint density at radius 2 is 1.73 bits per heavy atom. The summed E-state index contributed by atoms with van der Waals surface area (Å²) in [7, 11) is 0. The van der Waals surface area contributed by atoms with E-state index in [0.29, 0.717) is 29.2 Å². The Morgan fingerprint density at radius 3 is 2.46 bits per heavy atom. The lowest BCUT2D eigenvalue weighted by atomic mass is 9.47. The number of fused-ring (bicyclic) bond motifs is 5. The molecule has 1 aliphatic heterocycles. The van der Waals surface area contributed by atoms with Crippen molar-refractivity contribution >= 4 is 29.5 Å². The molecule has 1 heterocycles. The van der Waals surface area contributed by atoms with Gasteiger partial charge >= 0.3 is 11.9 Å². The number of hydrogen-bond donors (Lipinski definition) is 0. The minimum atomic E-state index is -0.827. The fourth-order valence-corrected chi connectivity index (χ4v) is 7.98. The maximum Gasteiger partial charge on any atom is 0.373 e. The van der Waals surface area contributed by atoms with Crippen molar-refractivity contribution in [1.29, 1.82) is 0 Å². The standard InChI is InChI=1S/C28H38N2O7/c1-4-25(33)36-22-8-7-20-19-6-5-17-15-18(11-13-27(17,2)21(19)12-14-28(20,22)3)29-35-16-26(34)37-30-23(31)9-10-24(30)32/h15,19-22H,4-14,16H2,1-3H3/b29-18+/t19-,20-,21-,22+,27-,28-/m0/s1. The van der Waals surface area contributed by atoms with E-state index in [1.54, 1.807) is 0 Å². The Bertz CT molecular complexity index is 1040. The molecular formula is C28H38N2O7. The summed E-state index contributed by atoms with van der Waals surface area (Å²) in [5.41, 5.74) is 2.42. The number of esters is 1. The molecule has 1 saturated heterocycles. The van der Waals surface area contributed by atoms with E-state index in [4.69, 9.17) is 14.4 Å². The fourth-order valence-electron chi connectivity index (χ4n) is 7.98. The van der Waals surface area contributed by atoms with E-state index in [-0.39, 0.29) is 35.7 Å². The van der Waals surface area contributed by atoms with Crippen LogP contribution in [0.2, 0.25) is 0 Å². The topological polar surface area (TPSA) is 112 Å². The van der Waals surface area contributed by atoms with Crippen LogP contribution in [-0.4, -0.2) is 47.2 Å². The van der Waals surface area contributed by atoms with Crippen molar-refractivity contribution in [3.8, 4) is 0 Å². The Labute approximate surface area is 217 Å². The van der Waals surface area contributed by atoms with Gasteiger partial charge in [0.2, 0.25) is 6.61 Å². The van der Waals surface area contributed by atoms with Gasteiger partial charge in [0.1, 0.15) is 6.10 Å². The van der Waals surface area contributed by atoms with Gasteiger partial charge in [-0.15, -0.1) is 5.06 Å². The van der Waals surface area contributed by atoms with Gasteiger partial charge in [0, 0.05) is 24.7 Å². The lowest BCUT2D eigenvalue weighted by molar-refractivity contribution is -0.200. The van der Waals surface area contributed by atoms with Crippen LogP contribution in [0.5, 0.6) is 0 Å². The number of carbonyl (C=O) groups excluding carboxylic acids is 4. The Hall–Kier alpha value is -2.71. The van der Waals surface area contributed by atoms with Gasteiger partial charge in [0.25, 0.3) is 11.8 Å². The molecule has 6 atom stereocenters. The molecule has 0 bridgehead atoms. The predicted octanol–water partition coefficient (Wildman–Crippen LogP) is 4.25. The molecule has 0 aromatic carbocycles. The van der Waals surface area contributed by atoms with E-state index in [1.807, 2.05) is 6.92 Å². The second kappa shape index (κ2) is 9.87. The predicted molar refractivity (Wildman–Crippen MR) is 132 cm³/mol. The number of rotatable bonds is 6. The number of nitrogens with zero attached hydrogens (tertiary/aromatic N) is 2. The summed E-state index contributed by atoms with van der Waals surface area (Å²) >= 11 is 0. The molecule has 202 valence electrons. The Morgan fingerprint density at radius 1 is 0.973 bits per heavy atom. The summed E-state index contributed by atoms with van der Waals surface area (Å²) in [5.74, 6) is -0.0951. The molecule has 0 N–H and O–H groups in total. The first-order valence-electron chi connectivity index (χ1n) is 13.8. The van der Waals surface area contributed by atoms with Crippen LogP contribution in [0.15, 0.2) is 16.8 Å². The molecule has 0 spiro atoms. The van der Waals surface area contributed by atoms with Crippen molar-refractivity contribution in [1.82, 2.24) is 5.06 Å². The summed E-state index contributed by atoms with van der Waals surface area (Å²) in [6.07, 6.45) is 11.0. The molecule has 5 rings (SSSR count). The van der Waals surface area contributed by atoms with Crippen molar-refractivity contribution in [2.75, 3.05) is 6.61 Å². The summed E-state index contributed by atoms with van der Waals surface area (Å²) in [5, 5.41) is 4.69. The lowest BCUT2D eigenvalue weighted by Gasteiger charge is -2.58.